The topological polar surface area (TPSA) is 74.3 Å². The van der Waals surface area contributed by atoms with E-state index >= 15 is 0 Å². The molecule has 2 aromatic carbocycles. The molecule has 1 saturated heterocycles. The lowest BCUT2D eigenvalue weighted by Crippen LogP contribution is -2.36. The Morgan fingerprint density at radius 2 is 1.94 bits per heavy atom. The highest BCUT2D eigenvalue weighted by Gasteiger charge is 2.50. The molecule has 0 bridgehead atoms. The fraction of sp³-hybridized carbons (Fsp3) is 0.444. The number of rotatable bonds is 9. The molecule has 1 fully saturated rings. The quantitative estimate of drug-likeness (QED) is 0.274. The standard InChI is InChI=1S/C27H35FN2O3Si/c1-18-24(33-25(13-14-31)27(18)34(2,3)28)12-11-19-7-6-8-21(15-19)30-26(32)16-20-17-29-23-10-5-4-9-22(20)23/h4-10,15,17-18,24-25,27,29,31H,11-14,16H2,1-3H3,(H,30,32)/t18-,24+,25-,27+/m0/s1. The first-order valence-corrected chi connectivity index (χ1v) is 15.1. The Kier molecular flexibility index (Phi) is 7.55. The lowest BCUT2D eigenvalue weighted by atomic mass is 9.95. The number of halogens is 1. The molecule has 0 aliphatic carbocycles. The minimum Gasteiger partial charge on any atom is -0.396 e. The Bertz CT molecular complexity index is 1130. The van der Waals surface area contributed by atoms with E-state index in [0.29, 0.717) is 12.8 Å². The third-order valence-electron chi connectivity index (χ3n) is 7.06. The number of carbonyl (C=O) groups excluding carboxylic acids is 1. The summed E-state index contributed by atoms with van der Waals surface area (Å²) in [6, 6.07) is 15.9. The number of aliphatic hydroxyl groups excluding tert-OH is 1. The maximum atomic E-state index is 15.0. The lowest BCUT2D eigenvalue weighted by molar-refractivity contribution is -0.115. The highest BCUT2D eigenvalue weighted by atomic mass is 28.4. The first-order valence-electron chi connectivity index (χ1n) is 12.1. The van der Waals surface area contributed by atoms with Gasteiger partial charge in [0, 0.05) is 34.9 Å². The molecule has 1 amide bonds. The fourth-order valence-corrected chi connectivity index (χ4v) is 8.14. The highest BCUT2D eigenvalue weighted by Crippen LogP contribution is 2.46. The van der Waals surface area contributed by atoms with Gasteiger partial charge in [-0.15, -0.1) is 0 Å². The van der Waals surface area contributed by atoms with E-state index in [2.05, 4.69) is 17.2 Å². The zero-order valence-corrected chi connectivity index (χ0v) is 21.2. The minimum atomic E-state index is -2.90. The molecule has 0 unspecified atom stereocenters. The summed E-state index contributed by atoms with van der Waals surface area (Å²) in [5.74, 6) is 0.0711. The Labute approximate surface area is 201 Å². The van der Waals surface area contributed by atoms with Gasteiger partial charge in [0.2, 0.25) is 14.3 Å². The van der Waals surface area contributed by atoms with Gasteiger partial charge >= 0.3 is 0 Å². The van der Waals surface area contributed by atoms with Crippen LogP contribution in [0.15, 0.2) is 54.7 Å². The van der Waals surface area contributed by atoms with Gasteiger partial charge in [-0.05, 0) is 67.6 Å². The van der Waals surface area contributed by atoms with Gasteiger partial charge in [0.15, 0.2) is 0 Å². The van der Waals surface area contributed by atoms with Crippen LogP contribution in [0.1, 0.15) is 30.9 Å². The van der Waals surface area contributed by atoms with Crippen LogP contribution in [-0.4, -0.2) is 43.2 Å². The van der Waals surface area contributed by atoms with E-state index in [1.807, 2.05) is 54.7 Å². The van der Waals surface area contributed by atoms with Crippen molar-refractivity contribution >= 4 is 30.9 Å². The summed E-state index contributed by atoms with van der Waals surface area (Å²) in [5, 5.41) is 13.5. The van der Waals surface area contributed by atoms with Crippen molar-refractivity contribution in [1.82, 2.24) is 4.98 Å². The van der Waals surface area contributed by atoms with Gasteiger partial charge in [-0.3, -0.25) is 4.79 Å². The number of anilines is 1. The number of amides is 1. The number of nitrogens with one attached hydrogen (secondary N) is 2. The van der Waals surface area contributed by atoms with E-state index in [1.165, 1.54) is 0 Å². The summed E-state index contributed by atoms with van der Waals surface area (Å²) < 4.78 is 21.2. The number of carbonyl (C=O) groups is 1. The number of benzene rings is 2. The summed E-state index contributed by atoms with van der Waals surface area (Å²) in [5.41, 5.74) is 3.79. The second-order valence-electron chi connectivity index (χ2n) is 10.00. The molecule has 3 N–H and O–H groups in total. The fourth-order valence-electron chi connectivity index (χ4n) is 5.55. The van der Waals surface area contributed by atoms with E-state index in [-0.39, 0.29) is 36.2 Å². The van der Waals surface area contributed by atoms with Crippen LogP contribution in [0, 0.1) is 5.92 Å². The normalized spacial score (nSPS) is 22.9. The maximum Gasteiger partial charge on any atom is 0.246 e. The summed E-state index contributed by atoms with van der Waals surface area (Å²) >= 11 is 0. The Hall–Kier alpha value is -2.48. The van der Waals surface area contributed by atoms with Crippen LogP contribution < -0.4 is 5.32 Å². The molecule has 3 aromatic rings. The molecule has 0 saturated carbocycles. The average molecular weight is 483 g/mol. The zero-order valence-electron chi connectivity index (χ0n) is 20.2. The van der Waals surface area contributed by atoms with Crippen molar-refractivity contribution in [3.05, 3.63) is 65.9 Å². The Morgan fingerprint density at radius 1 is 1.15 bits per heavy atom. The van der Waals surface area contributed by atoms with Crippen LogP contribution in [0.3, 0.4) is 0 Å². The first kappa shape index (κ1) is 24.6. The van der Waals surface area contributed by atoms with Crippen molar-refractivity contribution in [3.8, 4) is 0 Å². The molecule has 1 aromatic heterocycles. The van der Waals surface area contributed by atoms with Crippen LogP contribution in [0.5, 0.6) is 0 Å². The number of aromatic amines is 1. The summed E-state index contributed by atoms with van der Waals surface area (Å²) in [6.45, 7) is 5.59. The van der Waals surface area contributed by atoms with Gasteiger partial charge in [-0.2, -0.15) is 0 Å². The van der Waals surface area contributed by atoms with E-state index < -0.39 is 8.41 Å². The van der Waals surface area contributed by atoms with Gasteiger partial charge in [0.25, 0.3) is 0 Å². The van der Waals surface area contributed by atoms with Crippen molar-refractivity contribution in [3.63, 3.8) is 0 Å². The molecule has 182 valence electrons. The predicted molar refractivity (Wildman–Crippen MR) is 137 cm³/mol. The molecular formula is C27H35FN2O3Si. The molecule has 4 rings (SSSR count). The summed E-state index contributed by atoms with van der Waals surface area (Å²) in [4.78, 5) is 15.9. The zero-order chi connectivity index (χ0) is 24.3. The monoisotopic (exact) mass is 482 g/mol. The third kappa shape index (κ3) is 5.59. The number of aliphatic hydroxyl groups is 1. The van der Waals surface area contributed by atoms with E-state index in [0.717, 1.165) is 40.6 Å². The van der Waals surface area contributed by atoms with Crippen molar-refractivity contribution in [2.75, 3.05) is 11.9 Å². The third-order valence-corrected chi connectivity index (χ3v) is 9.55. The smallest absolute Gasteiger partial charge is 0.246 e. The van der Waals surface area contributed by atoms with Gasteiger partial charge in [0.05, 0.1) is 18.6 Å². The van der Waals surface area contributed by atoms with Crippen molar-refractivity contribution in [1.29, 1.82) is 0 Å². The Morgan fingerprint density at radius 3 is 2.71 bits per heavy atom. The van der Waals surface area contributed by atoms with Crippen molar-refractivity contribution in [2.45, 2.75) is 63.5 Å². The lowest BCUT2D eigenvalue weighted by Gasteiger charge is -2.28. The Balaban J connectivity index is 1.36. The number of hydrogen-bond acceptors (Lipinski definition) is 3. The molecule has 5 nitrogen and oxygen atoms in total. The molecule has 0 radical (unpaired) electrons. The number of para-hydroxylation sites is 1. The van der Waals surface area contributed by atoms with E-state index in [9.17, 15) is 14.0 Å². The molecule has 0 spiro atoms. The summed E-state index contributed by atoms with van der Waals surface area (Å²) in [7, 11) is -2.90. The number of hydrogen-bond donors (Lipinski definition) is 3. The van der Waals surface area contributed by atoms with Crippen LogP contribution in [0.2, 0.25) is 18.6 Å². The van der Waals surface area contributed by atoms with E-state index in [4.69, 9.17) is 4.74 Å². The number of aryl methyl sites for hydroxylation is 1. The van der Waals surface area contributed by atoms with Crippen molar-refractivity contribution in [2.24, 2.45) is 5.92 Å². The molecular weight excluding hydrogens is 447 g/mol. The highest BCUT2D eigenvalue weighted by molar-refractivity contribution is 6.72. The predicted octanol–water partition coefficient (Wildman–Crippen LogP) is 5.61. The molecule has 1 aliphatic heterocycles. The number of H-pyrrole nitrogens is 1. The van der Waals surface area contributed by atoms with Crippen LogP contribution in [0.25, 0.3) is 10.9 Å². The number of aromatic nitrogens is 1. The van der Waals surface area contributed by atoms with Crippen LogP contribution in [-0.2, 0) is 22.4 Å². The average Bonchev–Trinajstić information content (AvgIpc) is 3.33. The molecule has 7 heteroatoms. The first-order chi connectivity index (χ1) is 16.3. The van der Waals surface area contributed by atoms with Gasteiger partial charge in [-0.1, -0.05) is 37.3 Å². The van der Waals surface area contributed by atoms with Gasteiger partial charge < -0.3 is 24.3 Å². The number of ether oxygens (including phenoxy) is 1. The second-order valence-corrected chi connectivity index (χ2v) is 13.8. The summed E-state index contributed by atoms with van der Waals surface area (Å²) in [6.07, 6.45) is 4.03. The molecule has 4 atom stereocenters. The van der Waals surface area contributed by atoms with Gasteiger partial charge in [0.1, 0.15) is 0 Å². The second kappa shape index (κ2) is 10.4. The maximum absolute atomic E-state index is 15.0. The minimum absolute atomic E-state index is 0.0192. The van der Waals surface area contributed by atoms with Gasteiger partial charge in [-0.25, -0.2) is 0 Å². The van der Waals surface area contributed by atoms with Crippen LogP contribution >= 0.6 is 0 Å². The molecule has 2 heterocycles. The number of fused-ring (bicyclic) bond motifs is 1. The molecule has 34 heavy (non-hydrogen) atoms. The van der Waals surface area contributed by atoms with Crippen molar-refractivity contribution < 1.29 is 18.7 Å². The largest absolute Gasteiger partial charge is 0.396 e. The SMILES string of the molecule is C[C@@H]1[C@@H]([Si](C)(C)F)[C@H](CCO)O[C@@H]1CCc1cccc(NC(=O)Cc2c[nH]c3ccccc23)c1. The van der Waals surface area contributed by atoms with E-state index in [1.54, 1.807) is 13.1 Å². The van der Waals surface area contributed by atoms with Crippen LogP contribution in [0.4, 0.5) is 9.80 Å². The molecule has 1 aliphatic rings.